The number of fused-ring (bicyclic) bond motifs is 1. The van der Waals surface area contributed by atoms with Crippen LogP contribution in [0.1, 0.15) is 24.4 Å². The van der Waals surface area contributed by atoms with Crippen LogP contribution in [0, 0.1) is 18.6 Å². The summed E-state index contributed by atoms with van der Waals surface area (Å²) in [6, 6.07) is 1.36. The van der Waals surface area contributed by atoms with E-state index >= 15 is 4.39 Å². The van der Waals surface area contributed by atoms with Crippen LogP contribution in [-0.2, 0) is 4.74 Å². The van der Waals surface area contributed by atoms with E-state index in [1.54, 1.807) is 32.2 Å². The molecule has 0 amide bonds. The molecule has 7 heteroatoms. The first-order valence-corrected chi connectivity index (χ1v) is 8.94. The van der Waals surface area contributed by atoms with Gasteiger partial charge < -0.3 is 19.5 Å². The zero-order valence-electron chi connectivity index (χ0n) is 15.2. The molecule has 1 saturated heterocycles. The van der Waals surface area contributed by atoms with Crippen molar-refractivity contribution in [3.05, 3.63) is 39.7 Å². The molecule has 1 aliphatic heterocycles. The minimum atomic E-state index is -0.702. The second-order valence-corrected chi connectivity index (χ2v) is 7.27. The molecule has 0 spiro atoms. The SMILES string of the molecule is CNC1CN(c2c(F)cc3c(=O)c(C)cn(C4CC4)c3c2F)CC1OC. The van der Waals surface area contributed by atoms with Crippen molar-refractivity contribution < 1.29 is 13.5 Å². The summed E-state index contributed by atoms with van der Waals surface area (Å²) in [5, 5.41) is 3.24. The summed E-state index contributed by atoms with van der Waals surface area (Å²) in [5.41, 5.74) is 0.327. The summed E-state index contributed by atoms with van der Waals surface area (Å²) in [6.07, 6.45) is 3.44. The number of methoxy groups -OCH3 is 1. The van der Waals surface area contributed by atoms with E-state index in [0.29, 0.717) is 18.7 Å². The lowest BCUT2D eigenvalue weighted by Crippen LogP contribution is -2.37. The predicted molar refractivity (Wildman–Crippen MR) is 97.0 cm³/mol. The van der Waals surface area contributed by atoms with Crippen molar-refractivity contribution in [2.24, 2.45) is 0 Å². The van der Waals surface area contributed by atoms with Crippen molar-refractivity contribution >= 4 is 16.6 Å². The van der Waals surface area contributed by atoms with Gasteiger partial charge in [-0.15, -0.1) is 0 Å². The number of likely N-dealkylation sites (N-methyl/N-ethyl adjacent to an activating group) is 1. The number of benzene rings is 1. The zero-order valence-corrected chi connectivity index (χ0v) is 15.2. The molecule has 4 rings (SSSR count). The lowest BCUT2D eigenvalue weighted by molar-refractivity contribution is 0.0996. The van der Waals surface area contributed by atoms with Crippen LogP contribution in [0.5, 0.6) is 0 Å². The molecule has 26 heavy (non-hydrogen) atoms. The Labute approximate surface area is 150 Å². The average molecular weight is 363 g/mol. The molecule has 2 heterocycles. The third kappa shape index (κ3) is 2.61. The number of hydrogen-bond donors (Lipinski definition) is 1. The molecular weight excluding hydrogens is 340 g/mol. The molecule has 5 nitrogen and oxygen atoms in total. The fourth-order valence-electron chi connectivity index (χ4n) is 3.97. The van der Waals surface area contributed by atoms with Gasteiger partial charge in [0.1, 0.15) is 11.5 Å². The van der Waals surface area contributed by atoms with Gasteiger partial charge in [-0.1, -0.05) is 0 Å². The maximum atomic E-state index is 15.5. The number of pyridine rings is 1. The minimum absolute atomic E-state index is 0.0156. The first-order chi connectivity index (χ1) is 12.5. The highest BCUT2D eigenvalue weighted by Crippen LogP contribution is 2.40. The van der Waals surface area contributed by atoms with Crippen LogP contribution in [-0.4, -0.2) is 44.0 Å². The Morgan fingerprint density at radius 3 is 2.58 bits per heavy atom. The molecule has 2 aliphatic rings. The van der Waals surface area contributed by atoms with Crippen LogP contribution >= 0.6 is 0 Å². The Balaban J connectivity index is 1.91. The summed E-state index contributed by atoms with van der Waals surface area (Å²) >= 11 is 0. The van der Waals surface area contributed by atoms with E-state index in [-0.39, 0.29) is 40.2 Å². The molecule has 140 valence electrons. The number of halogens is 2. The maximum absolute atomic E-state index is 15.5. The van der Waals surface area contributed by atoms with Gasteiger partial charge in [0.15, 0.2) is 11.2 Å². The third-order valence-corrected chi connectivity index (χ3v) is 5.56. The molecule has 1 aromatic heterocycles. The average Bonchev–Trinajstić information content (AvgIpc) is 3.38. The number of anilines is 1. The fraction of sp³-hybridized carbons (Fsp3) is 0.526. The number of rotatable bonds is 4. The van der Waals surface area contributed by atoms with Gasteiger partial charge in [0.25, 0.3) is 0 Å². The third-order valence-electron chi connectivity index (χ3n) is 5.56. The molecule has 2 unspecified atom stereocenters. The lowest BCUT2D eigenvalue weighted by Gasteiger charge is -2.22. The van der Waals surface area contributed by atoms with Gasteiger partial charge in [-0.25, -0.2) is 8.78 Å². The Kier molecular flexibility index (Phi) is 4.23. The van der Waals surface area contributed by atoms with Crippen LogP contribution in [0.25, 0.3) is 10.9 Å². The van der Waals surface area contributed by atoms with Gasteiger partial charge in [-0.2, -0.15) is 0 Å². The van der Waals surface area contributed by atoms with Crippen molar-refractivity contribution in [2.75, 3.05) is 32.1 Å². The minimum Gasteiger partial charge on any atom is -0.378 e. The molecule has 1 aromatic carbocycles. The van der Waals surface area contributed by atoms with Gasteiger partial charge in [0.05, 0.1) is 23.0 Å². The van der Waals surface area contributed by atoms with Crippen LogP contribution in [0.3, 0.4) is 0 Å². The first kappa shape index (κ1) is 17.4. The van der Waals surface area contributed by atoms with E-state index in [4.69, 9.17) is 4.74 Å². The van der Waals surface area contributed by atoms with E-state index in [1.807, 2.05) is 4.57 Å². The number of nitrogens with one attached hydrogen (secondary N) is 1. The molecule has 0 bridgehead atoms. The van der Waals surface area contributed by atoms with Gasteiger partial charge in [-0.05, 0) is 32.9 Å². The maximum Gasteiger partial charge on any atom is 0.192 e. The zero-order chi connectivity index (χ0) is 18.6. The van der Waals surface area contributed by atoms with Crippen molar-refractivity contribution in [2.45, 2.75) is 38.0 Å². The number of nitrogens with zero attached hydrogens (tertiary/aromatic N) is 2. The van der Waals surface area contributed by atoms with Crippen molar-refractivity contribution in [1.82, 2.24) is 9.88 Å². The molecule has 2 atom stereocenters. The molecular formula is C19H23F2N3O2. The van der Waals surface area contributed by atoms with Crippen LogP contribution < -0.4 is 15.6 Å². The van der Waals surface area contributed by atoms with Crippen LogP contribution in [0.2, 0.25) is 0 Å². The molecule has 2 aromatic rings. The van der Waals surface area contributed by atoms with Gasteiger partial charge >= 0.3 is 0 Å². The van der Waals surface area contributed by atoms with E-state index in [9.17, 15) is 9.18 Å². The van der Waals surface area contributed by atoms with E-state index in [0.717, 1.165) is 12.8 Å². The highest BCUT2D eigenvalue weighted by molar-refractivity contribution is 5.85. The van der Waals surface area contributed by atoms with Crippen molar-refractivity contribution in [3.63, 3.8) is 0 Å². The van der Waals surface area contributed by atoms with Crippen LogP contribution in [0.4, 0.5) is 14.5 Å². The van der Waals surface area contributed by atoms with Gasteiger partial charge in [0, 0.05) is 38.0 Å². The highest BCUT2D eigenvalue weighted by Gasteiger charge is 2.36. The Hall–Kier alpha value is -1.99. The quantitative estimate of drug-likeness (QED) is 0.906. The monoisotopic (exact) mass is 363 g/mol. The topological polar surface area (TPSA) is 46.5 Å². The van der Waals surface area contributed by atoms with E-state index in [2.05, 4.69) is 5.32 Å². The summed E-state index contributed by atoms with van der Waals surface area (Å²) in [7, 11) is 3.40. The summed E-state index contributed by atoms with van der Waals surface area (Å²) < 4.78 is 37.6. The van der Waals surface area contributed by atoms with Crippen LogP contribution in [0.15, 0.2) is 17.1 Å². The van der Waals surface area contributed by atoms with Gasteiger partial charge in [0.2, 0.25) is 0 Å². The first-order valence-electron chi connectivity index (χ1n) is 8.94. The van der Waals surface area contributed by atoms with Crippen molar-refractivity contribution in [3.8, 4) is 0 Å². The molecule has 1 saturated carbocycles. The second-order valence-electron chi connectivity index (χ2n) is 7.27. The number of hydrogen-bond acceptors (Lipinski definition) is 4. The fourth-order valence-corrected chi connectivity index (χ4v) is 3.97. The Bertz CT molecular complexity index is 911. The largest absolute Gasteiger partial charge is 0.378 e. The Morgan fingerprint density at radius 2 is 2.00 bits per heavy atom. The predicted octanol–water partition coefficient (Wildman–Crippen LogP) is 2.35. The Morgan fingerprint density at radius 1 is 1.27 bits per heavy atom. The number of aryl methyl sites for hydroxylation is 1. The summed E-state index contributed by atoms with van der Waals surface area (Å²) in [5.74, 6) is -1.36. The van der Waals surface area contributed by atoms with E-state index < -0.39 is 11.6 Å². The highest BCUT2D eigenvalue weighted by atomic mass is 19.1. The number of ether oxygens (including phenoxy) is 1. The molecule has 0 radical (unpaired) electrons. The number of aromatic nitrogens is 1. The normalized spacial score (nSPS) is 23.2. The van der Waals surface area contributed by atoms with Crippen molar-refractivity contribution in [1.29, 1.82) is 0 Å². The van der Waals surface area contributed by atoms with E-state index in [1.165, 1.54) is 6.07 Å². The smallest absolute Gasteiger partial charge is 0.192 e. The second kappa shape index (κ2) is 6.32. The molecule has 2 fully saturated rings. The molecule has 1 N–H and O–H groups in total. The lowest BCUT2D eigenvalue weighted by atomic mass is 10.1. The summed E-state index contributed by atoms with van der Waals surface area (Å²) in [6.45, 7) is 2.51. The van der Waals surface area contributed by atoms with Gasteiger partial charge in [-0.3, -0.25) is 4.79 Å². The standard InChI is InChI=1S/C19H23F2N3O2/c1-10-7-24(11-4-5-11)17-12(19(10)25)6-13(20)18(16(17)21)23-8-14(22-2)15(9-23)26-3/h6-7,11,14-15,22H,4-5,8-9H2,1-3H3. The molecule has 1 aliphatic carbocycles. The summed E-state index contributed by atoms with van der Waals surface area (Å²) in [4.78, 5) is 14.1.